The molecular weight excluding hydrogens is 238 g/mol. The molecule has 0 aliphatic heterocycles. The normalized spacial score (nSPS) is 12.9. The van der Waals surface area contributed by atoms with Gasteiger partial charge in [0.25, 0.3) is 0 Å². The van der Waals surface area contributed by atoms with E-state index in [9.17, 15) is 0 Å². The van der Waals surface area contributed by atoms with Gasteiger partial charge in [-0.2, -0.15) is 0 Å². The molecule has 1 aromatic rings. The predicted molar refractivity (Wildman–Crippen MR) is 64.5 cm³/mol. The van der Waals surface area contributed by atoms with Crippen LogP contribution in [0.25, 0.3) is 0 Å². The van der Waals surface area contributed by atoms with Gasteiger partial charge in [-0.1, -0.05) is 26.7 Å². The Morgan fingerprint density at radius 1 is 1.50 bits per heavy atom. The average Bonchev–Trinajstić information content (AvgIpc) is 2.12. The second-order valence-electron chi connectivity index (χ2n) is 4.02. The number of hydrogen-bond donors (Lipinski definition) is 0. The lowest BCUT2D eigenvalue weighted by Gasteiger charge is -2.09. The fraction of sp³-hybridized carbons (Fsp3) is 0.583. The molecule has 1 unspecified atom stereocenters. The Bertz CT molecular complexity index is 296. The van der Waals surface area contributed by atoms with Gasteiger partial charge in [0.1, 0.15) is 0 Å². The molecule has 0 aliphatic rings. The average molecular weight is 256 g/mol. The van der Waals surface area contributed by atoms with Crippen molar-refractivity contribution in [3.8, 4) is 0 Å². The Labute approximate surface area is 95.1 Å². The molecule has 0 bridgehead atoms. The summed E-state index contributed by atoms with van der Waals surface area (Å²) in [6.45, 7) is 6.64. The third-order valence-corrected chi connectivity index (χ3v) is 3.27. The Hall–Kier alpha value is -0.370. The van der Waals surface area contributed by atoms with Crippen molar-refractivity contribution in [1.82, 2.24) is 4.98 Å². The smallest absolute Gasteiger partial charge is 0.0416 e. The molecular formula is C12H18BrN. The van der Waals surface area contributed by atoms with E-state index < -0.39 is 0 Å². The Kier molecular flexibility index (Phi) is 4.59. The van der Waals surface area contributed by atoms with E-state index >= 15 is 0 Å². The van der Waals surface area contributed by atoms with E-state index in [0.717, 1.165) is 16.8 Å². The maximum atomic E-state index is 4.41. The molecule has 0 saturated carbocycles. The zero-order valence-electron chi connectivity index (χ0n) is 9.18. The summed E-state index contributed by atoms with van der Waals surface area (Å²) in [5.74, 6) is 0.744. The van der Waals surface area contributed by atoms with Crippen LogP contribution >= 0.6 is 15.9 Å². The maximum absolute atomic E-state index is 4.41. The van der Waals surface area contributed by atoms with Crippen LogP contribution in [0.15, 0.2) is 16.7 Å². The van der Waals surface area contributed by atoms with E-state index in [1.54, 1.807) is 0 Å². The third-order valence-electron chi connectivity index (χ3n) is 2.44. The minimum atomic E-state index is 0.744. The molecule has 1 heterocycles. The van der Waals surface area contributed by atoms with Crippen LogP contribution in [0.4, 0.5) is 0 Å². The fourth-order valence-electron chi connectivity index (χ4n) is 1.66. The number of aryl methyl sites for hydroxylation is 1. The third kappa shape index (κ3) is 3.41. The Morgan fingerprint density at radius 3 is 2.79 bits per heavy atom. The molecule has 0 N–H and O–H groups in total. The van der Waals surface area contributed by atoms with Crippen molar-refractivity contribution in [3.05, 3.63) is 28.0 Å². The highest BCUT2D eigenvalue weighted by Gasteiger charge is 2.04. The van der Waals surface area contributed by atoms with Gasteiger partial charge < -0.3 is 0 Å². The van der Waals surface area contributed by atoms with Crippen molar-refractivity contribution in [1.29, 1.82) is 0 Å². The van der Waals surface area contributed by atoms with Gasteiger partial charge in [0.15, 0.2) is 0 Å². The summed E-state index contributed by atoms with van der Waals surface area (Å²) >= 11 is 3.46. The number of hydrogen-bond acceptors (Lipinski definition) is 1. The van der Waals surface area contributed by atoms with Gasteiger partial charge in [0.05, 0.1) is 0 Å². The summed E-state index contributed by atoms with van der Waals surface area (Å²) in [6, 6.07) is 2.18. The van der Waals surface area contributed by atoms with Crippen molar-refractivity contribution >= 4 is 15.9 Å². The quantitative estimate of drug-likeness (QED) is 0.789. The molecule has 2 heteroatoms. The Balaban J connectivity index is 2.63. The van der Waals surface area contributed by atoms with Crippen LogP contribution in [-0.4, -0.2) is 4.98 Å². The number of pyridine rings is 1. The summed E-state index contributed by atoms with van der Waals surface area (Å²) in [5, 5.41) is 0. The van der Waals surface area contributed by atoms with Crippen LogP contribution in [0.3, 0.4) is 0 Å². The summed E-state index contributed by atoms with van der Waals surface area (Å²) in [4.78, 5) is 4.41. The molecule has 78 valence electrons. The monoisotopic (exact) mass is 255 g/mol. The van der Waals surface area contributed by atoms with Crippen LogP contribution in [0.2, 0.25) is 0 Å². The highest BCUT2D eigenvalue weighted by atomic mass is 79.9. The van der Waals surface area contributed by atoms with Crippen molar-refractivity contribution < 1.29 is 0 Å². The summed E-state index contributed by atoms with van der Waals surface area (Å²) in [6.07, 6.45) is 5.55. The standard InChI is InChI=1S/C12H18BrN/c1-4-5-9(2)6-11-7-10(3)12(13)8-14-11/h7-9H,4-6H2,1-3H3. The fourth-order valence-corrected chi connectivity index (χ4v) is 1.88. The molecule has 1 rings (SSSR count). The first-order valence-corrected chi connectivity index (χ1v) is 6.03. The lowest BCUT2D eigenvalue weighted by molar-refractivity contribution is 0.516. The van der Waals surface area contributed by atoms with Gasteiger partial charge in [-0.15, -0.1) is 0 Å². The van der Waals surface area contributed by atoms with Crippen LogP contribution in [0.1, 0.15) is 37.9 Å². The zero-order chi connectivity index (χ0) is 10.6. The molecule has 0 radical (unpaired) electrons. The molecule has 1 aromatic heterocycles. The molecule has 1 atom stereocenters. The van der Waals surface area contributed by atoms with E-state index in [1.807, 2.05) is 6.20 Å². The summed E-state index contributed by atoms with van der Waals surface area (Å²) in [7, 11) is 0. The maximum Gasteiger partial charge on any atom is 0.0416 e. The van der Waals surface area contributed by atoms with E-state index in [4.69, 9.17) is 0 Å². The first-order valence-electron chi connectivity index (χ1n) is 5.24. The van der Waals surface area contributed by atoms with Crippen LogP contribution < -0.4 is 0 Å². The molecule has 0 saturated heterocycles. The second kappa shape index (κ2) is 5.50. The lowest BCUT2D eigenvalue weighted by atomic mass is 9.99. The molecule has 14 heavy (non-hydrogen) atoms. The molecule has 0 fully saturated rings. The van der Waals surface area contributed by atoms with Crippen molar-refractivity contribution in [3.63, 3.8) is 0 Å². The predicted octanol–water partition coefficient (Wildman–Crippen LogP) is 4.13. The minimum Gasteiger partial charge on any atom is -0.260 e. The largest absolute Gasteiger partial charge is 0.260 e. The van der Waals surface area contributed by atoms with Gasteiger partial charge in [0.2, 0.25) is 0 Å². The van der Waals surface area contributed by atoms with E-state index in [-0.39, 0.29) is 0 Å². The van der Waals surface area contributed by atoms with Gasteiger partial charge in [-0.05, 0) is 46.8 Å². The van der Waals surface area contributed by atoms with Gasteiger partial charge in [0, 0.05) is 16.4 Å². The van der Waals surface area contributed by atoms with Crippen molar-refractivity contribution in [2.45, 2.75) is 40.0 Å². The van der Waals surface area contributed by atoms with Crippen molar-refractivity contribution in [2.24, 2.45) is 5.92 Å². The van der Waals surface area contributed by atoms with Crippen LogP contribution in [0, 0.1) is 12.8 Å². The SMILES string of the molecule is CCCC(C)Cc1cc(C)c(Br)cn1. The first-order chi connectivity index (χ1) is 6.63. The lowest BCUT2D eigenvalue weighted by Crippen LogP contribution is -2.01. The zero-order valence-corrected chi connectivity index (χ0v) is 10.8. The number of halogens is 1. The molecule has 1 nitrogen and oxygen atoms in total. The number of aromatic nitrogens is 1. The highest BCUT2D eigenvalue weighted by molar-refractivity contribution is 9.10. The van der Waals surface area contributed by atoms with Gasteiger partial charge in [-0.3, -0.25) is 4.98 Å². The number of rotatable bonds is 4. The van der Waals surface area contributed by atoms with E-state index in [2.05, 4.69) is 47.8 Å². The minimum absolute atomic E-state index is 0.744. The Morgan fingerprint density at radius 2 is 2.21 bits per heavy atom. The van der Waals surface area contributed by atoms with Crippen molar-refractivity contribution in [2.75, 3.05) is 0 Å². The summed E-state index contributed by atoms with van der Waals surface area (Å²) in [5.41, 5.74) is 2.49. The molecule has 0 amide bonds. The molecule has 0 aliphatic carbocycles. The number of nitrogens with zero attached hydrogens (tertiary/aromatic N) is 1. The van der Waals surface area contributed by atoms with Crippen LogP contribution in [-0.2, 0) is 6.42 Å². The second-order valence-corrected chi connectivity index (χ2v) is 4.88. The molecule has 0 aromatic carbocycles. The first kappa shape index (κ1) is 11.7. The van der Waals surface area contributed by atoms with Gasteiger partial charge in [-0.25, -0.2) is 0 Å². The van der Waals surface area contributed by atoms with Gasteiger partial charge >= 0.3 is 0 Å². The molecule has 0 spiro atoms. The highest BCUT2D eigenvalue weighted by Crippen LogP contribution is 2.18. The van der Waals surface area contributed by atoms with E-state index in [0.29, 0.717) is 0 Å². The summed E-state index contributed by atoms with van der Waals surface area (Å²) < 4.78 is 1.10. The van der Waals surface area contributed by atoms with Crippen LogP contribution in [0.5, 0.6) is 0 Å². The topological polar surface area (TPSA) is 12.9 Å². The van der Waals surface area contributed by atoms with E-state index in [1.165, 1.54) is 24.1 Å².